The third kappa shape index (κ3) is 5.37. The summed E-state index contributed by atoms with van der Waals surface area (Å²) >= 11 is 13.3. The molecule has 0 radical (unpaired) electrons. The number of nitrogens with zero attached hydrogens (tertiary/aromatic N) is 3. The number of allylic oxidation sites excluding steroid dienone is 3. The van der Waals surface area contributed by atoms with Gasteiger partial charge in [0.25, 0.3) is 5.91 Å². The van der Waals surface area contributed by atoms with E-state index in [1.165, 1.54) is 14.2 Å². The molecule has 0 spiro atoms. The number of nitrogens with one attached hydrogen (secondary N) is 2. The molecule has 1 amide bonds. The Morgan fingerprint density at radius 1 is 0.946 bits per heavy atom. The van der Waals surface area contributed by atoms with Crippen LogP contribution in [0, 0.1) is 0 Å². The summed E-state index contributed by atoms with van der Waals surface area (Å²) in [5.41, 5.74) is 4.18. The lowest BCUT2D eigenvalue weighted by Crippen LogP contribution is -2.43. The van der Waals surface area contributed by atoms with Crippen molar-refractivity contribution in [3.8, 4) is 11.5 Å². The van der Waals surface area contributed by atoms with Gasteiger partial charge in [0, 0.05) is 68.9 Å². The summed E-state index contributed by atoms with van der Waals surface area (Å²) in [6.07, 6.45) is 3.45. The van der Waals surface area contributed by atoms with Crippen LogP contribution < -0.4 is 25.0 Å². The van der Waals surface area contributed by atoms with Crippen molar-refractivity contribution in [1.29, 1.82) is 0 Å². The fourth-order valence-corrected chi connectivity index (χ4v) is 5.12. The molecule has 4 rings (SSSR count). The Bertz CT molecular complexity index is 1280. The van der Waals surface area contributed by atoms with Gasteiger partial charge in [0.15, 0.2) is 0 Å². The third-order valence-electron chi connectivity index (χ3n) is 6.29. The molecule has 8 nitrogen and oxygen atoms in total. The number of amides is 1. The molecule has 0 saturated carbocycles. The molecule has 10 heteroatoms. The quantitative estimate of drug-likeness (QED) is 0.525. The molecule has 2 aromatic carbocycles. The van der Waals surface area contributed by atoms with E-state index in [9.17, 15) is 4.79 Å². The summed E-state index contributed by atoms with van der Waals surface area (Å²) in [4.78, 5) is 24.5. The molecule has 0 atom stereocenters. The number of rotatable bonds is 6. The molecule has 2 aliphatic rings. The van der Waals surface area contributed by atoms with Gasteiger partial charge in [0.05, 0.1) is 41.3 Å². The first-order chi connectivity index (χ1) is 17.9. The molecule has 0 aromatic heterocycles. The lowest BCUT2D eigenvalue weighted by molar-refractivity contribution is -0.112. The molecule has 1 aliphatic heterocycles. The maximum Gasteiger partial charge on any atom is 0.257 e. The Morgan fingerprint density at radius 2 is 1.54 bits per heavy atom. The zero-order chi connectivity index (χ0) is 26.5. The van der Waals surface area contributed by atoms with Crippen LogP contribution in [0.5, 0.6) is 11.5 Å². The highest BCUT2D eigenvalue weighted by molar-refractivity contribution is 6.67. The SMILES string of the molecule is CN=C1C(C(=O)Nc2ccc(N3CCNCC3)cc2)=CC=C(c2c(Cl)c(OC)cc(OC)c2Cl)C1=NC. The van der Waals surface area contributed by atoms with Crippen molar-refractivity contribution >= 4 is 57.5 Å². The summed E-state index contributed by atoms with van der Waals surface area (Å²) in [5, 5.41) is 6.93. The first-order valence-corrected chi connectivity index (χ1v) is 12.5. The van der Waals surface area contributed by atoms with Crippen LogP contribution in [0.25, 0.3) is 5.57 Å². The summed E-state index contributed by atoms with van der Waals surface area (Å²) in [6, 6.07) is 9.46. The molecule has 1 fully saturated rings. The average Bonchev–Trinajstić information content (AvgIpc) is 2.93. The van der Waals surface area contributed by atoms with Gasteiger partial charge in [-0.05, 0) is 30.3 Å². The highest BCUT2D eigenvalue weighted by Gasteiger charge is 2.30. The van der Waals surface area contributed by atoms with Gasteiger partial charge < -0.3 is 25.0 Å². The number of ether oxygens (including phenoxy) is 2. The molecule has 2 aromatic rings. The standard InChI is InChI=1S/C27H29Cl2N5O3/c1-30-25-18(22-23(28)20(36-3)15-21(37-4)24(22)29)9-10-19(26(25)31-2)27(35)33-16-5-7-17(8-6-16)34-13-11-32-12-14-34/h5-10,15,32H,11-14H2,1-4H3,(H,33,35). The van der Waals surface area contributed by atoms with E-state index in [1.54, 1.807) is 32.3 Å². The molecule has 1 heterocycles. The van der Waals surface area contributed by atoms with E-state index in [-0.39, 0.29) is 5.91 Å². The molecule has 0 bridgehead atoms. The van der Waals surface area contributed by atoms with Crippen LogP contribution in [0.1, 0.15) is 5.56 Å². The number of carbonyl (C=O) groups is 1. The van der Waals surface area contributed by atoms with E-state index in [1.807, 2.05) is 24.3 Å². The molecule has 1 aliphatic carbocycles. The molecule has 37 heavy (non-hydrogen) atoms. The topological polar surface area (TPSA) is 87.6 Å². The minimum absolute atomic E-state index is 0.299. The number of benzene rings is 2. The highest BCUT2D eigenvalue weighted by atomic mass is 35.5. The van der Waals surface area contributed by atoms with Crippen LogP contribution in [0.15, 0.2) is 58.0 Å². The Kier molecular flexibility index (Phi) is 8.53. The number of hydrogen-bond acceptors (Lipinski definition) is 7. The number of halogens is 2. The van der Waals surface area contributed by atoms with E-state index in [0.717, 1.165) is 31.9 Å². The summed E-state index contributed by atoms with van der Waals surface area (Å²) in [7, 11) is 6.27. The van der Waals surface area contributed by atoms with Crippen molar-refractivity contribution in [3.05, 3.63) is 63.7 Å². The van der Waals surface area contributed by atoms with Gasteiger partial charge in [-0.15, -0.1) is 0 Å². The number of hydrogen-bond donors (Lipinski definition) is 2. The van der Waals surface area contributed by atoms with E-state index in [4.69, 9.17) is 32.7 Å². The van der Waals surface area contributed by atoms with Crippen molar-refractivity contribution in [2.24, 2.45) is 9.98 Å². The minimum Gasteiger partial charge on any atom is -0.495 e. The van der Waals surface area contributed by atoms with Gasteiger partial charge >= 0.3 is 0 Å². The second-order valence-electron chi connectivity index (χ2n) is 8.33. The van der Waals surface area contributed by atoms with Crippen molar-refractivity contribution < 1.29 is 14.3 Å². The number of aliphatic imine (C=N–C) groups is 2. The van der Waals surface area contributed by atoms with Gasteiger partial charge in [-0.25, -0.2) is 0 Å². The lowest BCUT2D eigenvalue weighted by atomic mass is 9.88. The molecule has 194 valence electrons. The fourth-order valence-electron chi connectivity index (χ4n) is 4.42. The lowest BCUT2D eigenvalue weighted by Gasteiger charge is -2.29. The van der Waals surface area contributed by atoms with Gasteiger partial charge in [0.1, 0.15) is 11.5 Å². The van der Waals surface area contributed by atoms with E-state index < -0.39 is 0 Å². The predicted octanol–water partition coefficient (Wildman–Crippen LogP) is 4.52. The van der Waals surface area contributed by atoms with Crippen molar-refractivity contribution in [2.75, 3.05) is 64.7 Å². The first kappa shape index (κ1) is 26.7. The van der Waals surface area contributed by atoms with Crippen molar-refractivity contribution in [3.63, 3.8) is 0 Å². The Balaban J connectivity index is 1.66. The maximum absolute atomic E-state index is 13.3. The number of carbonyl (C=O) groups excluding carboxylic acids is 1. The summed E-state index contributed by atoms with van der Waals surface area (Å²) < 4.78 is 10.8. The van der Waals surface area contributed by atoms with E-state index in [2.05, 4.69) is 25.5 Å². The first-order valence-electron chi connectivity index (χ1n) is 11.8. The van der Waals surface area contributed by atoms with Crippen LogP contribution in [-0.2, 0) is 4.79 Å². The zero-order valence-electron chi connectivity index (χ0n) is 21.2. The van der Waals surface area contributed by atoms with E-state index in [0.29, 0.717) is 55.4 Å². The predicted molar refractivity (Wildman–Crippen MR) is 152 cm³/mol. The van der Waals surface area contributed by atoms with Crippen LogP contribution in [0.2, 0.25) is 10.0 Å². The second-order valence-corrected chi connectivity index (χ2v) is 9.08. The molecule has 1 saturated heterocycles. The van der Waals surface area contributed by atoms with Crippen molar-refractivity contribution in [2.45, 2.75) is 0 Å². The Hall–Kier alpha value is -3.33. The van der Waals surface area contributed by atoms with Gasteiger partial charge in [-0.3, -0.25) is 14.8 Å². The van der Waals surface area contributed by atoms with Gasteiger partial charge in [-0.2, -0.15) is 0 Å². The van der Waals surface area contributed by atoms with Crippen LogP contribution >= 0.6 is 23.2 Å². The minimum atomic E-state index is -0.299. The van der Waals surface area contributed by atoms with E-state index >= 15 is 0 Å². The molecular formula is C27H29Cl2N5O3. The van der Waals surface area contributed by atoms with Gasteiger partial charge in [-0.1, -0.05) is 29.3 Å². The Morgan fingerprint density at radius 3 is 2.08 bits per heavy atom. The van der Waals surface area contributed by atoms with Gasteiger partial charge in [0.2, 0.25) is 0 Å². The number of piperazine rings is 1. The zero-order valence-corrected chi connectivity index (χ0v) is 22.7. The monoisotopic (exact) mass is 541 g/mol. The normalized spacial score (nSPS) is 17.9. The molecular weight excluding hydrogens is 513 g/mol. The Labute approximate surface area is 226 Å². The summed E-state index contributed by atoms with van der Waals surface area (Å²) in [6.45, 7) is 3.83. The van der Waals surface area contributed by atoms with Crippen LogP contribution in [0.3, 0.4) is 0 Å². The molecule has 2 N–H and O–H groups in total. The molecule has 0 unspecified atom stereocenters. The maximum atomic E-state index is 13.3. The van der Waals surface area contributed by atoms with Crippen molar-refractivity contribution in [1.82, 2.24) is 5.32 Å². The largest absolute Gasteiger partial charge is 0.495 e. The fraction of sp³-hybridized carbons (Fsp3) is 0.296. The summed E-state index contributed by atoms with van der Waals surface area (Å²) in [5.74, 6) is 0.509. The highest BCUT2D eigenvalue weighted by Crippen LogP contribution is 2.45. The second kappa shape index (κ2) is 11.8. The third-order valence-corrected chi connectivity index (χ3v) is 7.04. The number of methoxy groups -OCH3 is 2. The average molecular weight is 542 g/mol. The smallest absolute Gasteiger partial charge is 0.257 e. The van der Waals surface area contributed by atoms with Crippen LogP contribution in [-0.4, -0.2) is 71.8 Å². The van der Waals surface area contributed by atoms with Crippen LogP contribution in [0.4, 0.5) is 11.4 Å². The number of anilines is 2.